The average Bonchev–Trinajstić information content (AvgIpc) is 2.49. The zero-order valence-electron chi connectivity index (χ0n) is 13.3. The van der Waals surface area contributed by atoms with Crippen molar-refractivity contribution in [2.24, 2.45) is 0 Å². The molecule has 0 aromatic heterocycles. The molecule has 0 saturated carbocycles. The minimum absolute atomic E-state index is 0.102. The molecular weight excluding hydrogens is 274 g/mol. The Morgan fingerprint density at radius 2 is 1.73 bits per heavy atom. The molecule has 2 rings (SSSR count). The van der Waals surface area contributed by atoms with Crippen molar-refractivity contribution in [1.82, 2.24) is 5.32 Å². The van der Waals surface area contributed by atoms with Crippen LogP contribution in [0, 0.1) is 0 Å². The van der Waals surface area contributed by atoms with Crippen LogP contribution in [-0.2, 0) is 0 Å². The molecular formula is C18H23N3O. The topological polar surface area (TPSA) is 67.2 Å². The molecule has 0 aliphatic heterocycles. The van der Waals surface area contributed by atoms with E-state index in [4.69, 9.17) is 5.73 Å². The lowest BCUT2D eigenvalue weighted by Gasteiger charge is -2.18. The fraction of sp³-hybridized carbons (Fsp3) is 0.278. The van der Waals surface area contributed by atoms with E-state index in [-0.39, 0.29) is 18.0 Å². The Labute approximate surface area is 131 Å². The number of rotatable bonds is 5. The van der Waals surface area contributed by atoms with Crippen LogP contribution in [0.25, 0.3) is 0 Å². The number of anilines is 2. The molecule has 4 N–H and O–H groups in total. The van der Waals surface area contributed by atoms with E-state index in [2.05, 4.69) is 29.7 Å². The van der Waals surface area contributed by atoms with Gasteiger partial charge < -0.3 is 16.4 Å². The Balaban J connectivity index is 2.11. The minimum Gasteiger partial charge on any atom is -0.397 e. The van der Waals surface area contributed by atoms with Gasteiger partial charge in [0.05, 0.1) is 11.4 Å². The van der Waals surface area contributed by atoms with Gasteiger partial charge in [-0.25, -0.2) is 0 Å². The van der Waals surface area contributed by atoms with E-state index in [0.717, 1.165) is 5.69 Å². The number of amides is 1. The molecule has 0 spiro atoms. The maximum atomic E-state index is 12.0. The minimum atomic E-state index is -0.107. The summed E-state index contributed by atoms with van der Waals surface area (Å²) >= 11 is 0. The molecule has 2 aromatic carbocycles. The Hall–Kier alpha value is -2.49. The standard InChI is InChI=1S/C18H23N3O/c1-12(2)20-18(22)15-9-10-17(16(19)11-15)21-13(3)14-7-5-4-6-8-14/h4-13,21H,19H2,1-3H3,(H,20,22)/t13-/m0/s1. The zero-order chi connectivity index (χ0) is 16.1. The van der Waals surface area contributed by atoms with E-state index in [1.54, 1.807) is 12.1 Å². The predicted molar refractivity (Wildman–Crippen MR) is 91.9 cm³/mol. The first kappa shape index (κ1) is 15.9. The second kappa shape index (κ2) is 6.98. The van der Waals surface area contributed by atoms with Gasteiger partial charge in [0.25, 0.3) is 5.91 Å². The molecule has 0 aliphatic carbocycles. The van der Waals surface area contributed by atoms with Crippen molar-refractivity contribution in [3.8, 4) is 0 Å². The van der Waals surface area contributed by atoms with Crippen molar-refractivity contribution in [2.75, 3.05) is 11.1 Å². The van der Waals surface area contributed by atoms with Crippen LogP contribution in [0.1, 0.15) is 42.7 Å². The maximum Gasteiger partial charge on any atom is 0.251 e. The van der Waals surface area contributed by atoms with Crippen LogP contribution in [0.2, 0.25) is 0 Å². The van der Waals surface area contributed by atoms with E-state index in [9.17, 15) is 4.79 Å². The van der Waals surface area contributed by atoms with Crippen LogP contribution in [0.15, 0.2) is 48.5 Å². The second-order valence-corrected chi connectivity index (χ2v) is 5.71. The molecule has 0 saturated heterocycles. The third-order valence-corrected chi connectivity index (χ3v) is 3.41. The summed E-state index contributed by atoms with van der Waals surface area (Å²) < 4.78 is 0. The molecule has 0 unspecified atom stereocenters. The van der Waals surface area contributed by atoms with Gasteiger partial charge in [0.1, 0.15) is 0 Å². The lowest BCUT2D eigenvalue weighted by atomic mass is 10.1. The third kappa shape index (κ3) is 4.01. The van der Waals surface area contributed by atoms with Crippen molar-refractivity contribution in [2.45, 2.75) is 32.9 Å². The van der Waals surface area contributed by atoms with Gasteiger partial charge in [-0.1, -0.05) is 30.3 Å². The summed E-state index contributed by atoms with van der Waals surface area (Å²) in [6.07, 6.45) is 0. The van der Waals surface area contributed by atoms with E-state index >= 15 is 0 Å². The van der Waals surface area contributed by atoms with Crippen LogP contribution in [-0.4, -0.2) is 11.9 Å². The van der Waals surface area contributed by atoms with Gasteiger partial charge in [0, 0.05) is 17.6 Å². The summed E-state index contributed by atoms with van der Waals surface area (Å²) in [5.41, 5.74) is 9.23. The normalized spacial score (nSPS) is 12.0. The molecule has 1 amide bonds. The highest BCUT2D eigenvalue weighted by molar-refractivity contribution is 5.96. The molecule has 0 fully saturated rings. The molecule has 0 aliphatic rings. The number of carbonyl (C=O) groups excluding carboxylic acids is 1. The zero-order valence-corrected chi connectivity index (χ0v) is 13.3. The van der Waals surface area contributed by atoms with Gasteiger partial charge in [-0.3, -0.25) is 4.79 Å². The van der Waals surface area contributed by atoms with Gasteiger partial charge in [0.15, 0.2) is 0 Å². The lowest BCUT2D eigenvalue weighted by Crippen LogP contribution is -2.30. The number of hydrogen-bond acceptors (Lipinski definition) is 3. The first-order chi connectivity index (χ1) is 10.5. The second-order valence-electron chi connectivity index (χ2n) is 5.71. The number of hydrogen-bond donors (Lipinski definition) is 3. The fourth-order valence-corrected chi connectivity index (χ4v) is 2.24. The van der Waals surface area contributed by atoms with Crippen molar-refractivity contribution in [1.29, 1.82) is 0 Å². The monoisotopic (exact) mass is 297 g/mol. The highest BCUT2D eigenvalue weighted by atomic mass is 16.1. The first-order valence-electron chi connectivity index (χ1n) is 7.49. The molecule has 2 aromatic rings. The summed E-state index contributed by atoms with van der Waals surface area (Å²) in [7, 11) is 0. The maximum absolute atomic E-state index is 12.0. The van der Waals surface area contributed by atoms with Crippen molar-refractivity contribution in [3.05, 3.63) is 59.7 Å². The molecule has 4 nitrogen and oxygen atoms in total. The van der Waals surface area contributed by atoms with Crippen molar-refractivity contribution in [3.63, 3.8) is 0 Å². The fourth-order valence-electron chi connectivity index (χ4n) is 2.24. The Kier molecular flexibility index (Phi) is 5.04. The summed E-state index contributed by atoms with van der Waals surface area (Å²) in [5.74, 6) is -0.107. The Morgan fingerprint density at radius 1 is 1.05 bits per heavy atom. The van der Waals surface area contributed by atoms with Gasteiger partial charge in [-0.2, -0.15) is 0 Å². The summed E-state index contributed by atoms with van der Waals surface area (Å²) in [6.45, 7) is 5.94. The molecule has 1 atom stereocenters. The molecule has 116 valence electrons. The van der Waals surface area contributed by atoms with Gasteiger partial charge in [0.2, 0.25) is 0 Å². The molecule has 4 heteroatoms. The number of carbonyl (C=O) groups is 1. The van der Waals surface area contributed by atoms with Crippen LogP contribution >= 0.6 is 0 Å². The van der Waals surface area contributed by atoms with Gasteiger partial charge in [-0.15, -0.1) is 0 Å². The molecule has 0 heterocycles. The molecule has 0 bridgehead atoms. The first-order valence-corrected chi connectivity index (χ1v) is 7.49. The van der Waals surface area contributed by atoms with Crippen molar-refractivity contribution >= 4 is 17.3 Å². The number of nitrogens with two attached hydrogens (primary N) is 1. The predicted octanol–water partition coefficient (Wildman–Crippen LogP) is 3.58. The molecule has 0 radical (unpaired) electrons. The van der Waals surface area contributed by atoms with E-state index in [0.29, 0.717) is 11.3 Å². The largest absolute Gasteiger partial charge is 0.397 e. The SMILES string of the molecule is CC(C)NC(=O)c1ccc(N[C@@H](C)c2ccccc2)c(N)c1. The smallest absolute Gasteiger partial charge is 0.251 e. The van der Waals surface area contributed by atoms with Crippen LogP contribution in [0.3, 0.4) is 0 Å². The van der Waals surface area contributed by atoms with Crippen LogP contribution in [0.5, 0.6) is 0 Å². The lowest BCUT2D eigenvalue weighted by molar-refractivity contribution is 0.0943. The highest BCUT2D eigenvalue weighted by Gasteiger charge is 2.11. The third-order valence-electron chi connectivity index (χ3n) is 3.41. The average molecular weight is 297 g/mol. The van der Waals surface area contributed by atoms with Crippen LogP contribution in [0.4, 0.5) is 11.4 Å². The van der Waals surface area contributed by atoms with Gasteiger partial charge in [-0.05, 0) is 44.5 Å². The number of nitrogens with one attached hydrogen (secondary N) is 2. The Bertz CT molecular complexity index is 638. The quantitative estimate of drug-likeness (QED) is 0.739. The summed E-state index contributed by atoms with van der Waals surface area (Å²) in [5, 5.41) is 6.23. The number of benzene rings is 2. The summed E-state index contributed by atoms with van der Waals surface area (Å²) in [6, 6.07) is 15.7. The van der Waals surface area contributed by atoms with E-state index < -0.39 is 0 Å². The highest BCUT2D eigenvalue weighted by Crippen LogP contribution is 2.25. The van der Waals surface area contributed by atoms with Gasteiger partial charge >= 0.3 is 0 Å². The van der Waals surface area contributed by atoms with E-state index in [1.807, 2.05) is 38.1 Å². The molecule has 22 heavy (non-hydrogen) atoms. The number of nitrogen functional groups attached to an aromatic ring is 1. The van der Waals surface area contributed by atoms with E-state index in [1.165, 1.54) is 5.56 Å². The Morgan fingerprint density at radius 3 is 2.32 bits per heavy atom. The van der Waals surface area contributed by atoms with Crippen molar-refractivity contribution < 1.29 is 4.79 Å². The van der Waals surface area contributed by atoms with Crippen LogP contribution < -0.4 is 16.4 Å². The summed E-state index contributed by atoms with van der Waals surface area (Å²) in [4.78, 5) is 12.0.